The van der Waals surface area contributed by atoms with Crippen LogP contribution in [0.25, 0.3) is 0 Å². The highest BCUT2D eigenvalue weighted by molar-refractivity contribution is 5.74. The Kier molecular flexibility index (Phi) is 2.49. The summed E-state index contributed by atoms with van der Waals surface area (Å²) >= 11 is 0. The Balaban J connectivity index is 1.35. The summed E-state index contributed by atoms with van der Waals surface area (Å²) < 4.78 is 5.46. The van der Waals surface area contributed by atoms with Crippen molar-refractivity contribution in [2.45, 2.75) is 33.1 Å². The van der Waals surface area contributed by atoms with E-state index in [9.17, 15) is 4.79 Å². The van der Waals surface area contributed by atoms with E-state index >= 15 is 0 Å². The molecule has 6 aliphatic rings. The normalized spacial score (nSPS) is 62.9. The molecule has 2 nitrogen and oxygen atoms in total. The Morgan fingerprint density at radius 3 is 2.17 bits per heavy atom. The molecule has 0 aliphatic heterocycles. The molecule has 2 heteroatoms. The minimum Gasteiger partial charge on any atom is -0.466 e. The second-order valence-corrected chi connectivity index (χ2v) is 9.52. The zero-order chi connectivity index (χ0) is 15.5. The van der Waals surface area contributed by atoms with Gasteiger partial charge < -0.3 is 4.74 Å². The molecule has 0 heterocycles. The summed E-state index contributed by atoms with van der Waals surface area (Å²) in [5.74, 6) is 9.93. The van der Waals surface area contributed by atoms with Gasteiger partial charge in [0, 0.05) is 0 Å². The minimum atomic E-state index is 0.123. The SMILES string of the molecule is CCOC(=O)C1C(C)C2CC1C1C3CC(C4C5C=CC(C5)C34)C21. The van der Waals surface area contributed by atoms with E-state index in [2.05, 4.69) is 19.1 Å². The molecule has 0 aromatic heterocycles. The van der Waals surface area contributed by atoms with Gasteiger partial charge in [0.25, 0.3) is 0 Å². The molecule has 0 amide bonds. The summed E-state index contributed by atoms with van der Waals surface area (Å²) in [5.41, 5.74) is 0. The van der Waals surface area contributed by atoms with Crippen molar-refractivity contribution in [3.05, 3.63) is 12.2 Å². The van der Waals surface area contributed by atoms with Crippen LogP contribution in [0.2, 0.25) is 0 Å². The molecule has 0 saturated heterocycles. The summed E-state index contributed by atoms with van der Waals surface area (Å²) in [6.45, 7) is 4.84. The molecule has 0 aromatic rings. The van der Waals surface area contributed by atoms with E-state index in [0.717, 1.165) is 53.3 Å². The van der Waals surface area contributed by atoms with Crippen LogP contribution in [0.3, 0.4) is 0 Å². The molecular formula is C21H28O2. The van der Waals surface area contributed by atoms with Crippen molar-refractivity contribution in [2.24, 2.45) is 71.0 Å². The maximum atomic E-state index is 12.6. The fraction of sp³-hybridized carbons (Fsp3) is 0.857. The van der Waals surface area contributed by atoms with Gasteiger partial charge in [0.05, 0.1) is 12.5 Å². The van der Waals surface area contributed by atoms with E-state index in [4.69, 9.17) is 4.74 Å². The first-order chi connectivity index (χ1) is 11.2. The van der Waals surface area contributed by atoms with Crippen molar-refractivity contribution < 1.29 is 9.53 Å². The van der Waals surface area contributed by atoms with Crippen molar-refractivity contribution in [2.75, 3.05) is 6.61 Å². The Bertz CT molecular complexity index is 595. The standard InChI is InChI=1S/C21H28O2/c1-3-23-21(22)16-9(2)12-7-13(16)20-15-8-14(19(12)20)17-10-4-5-11(6-10)18(15)17/h4-5,9-20H,3,6-8H2,1-2H3. The third-order valence-corrected chi connectivity index (χ3v) is 9.34. The summed E-state index contributed by atoms with van der Waals surface area (Å²) in [6, 6.07) is 0. The topological polar surface area (TPSA) is 26.3 Å². The molecule has 6 rings (SSSR count). The fourth-order valence-electron chi connectivity index (χ4n) is 9.20. The second-order valence-electron chi connectivity index (χ2n) is 9.52. The quantitative estimate of drug-likeness (QED) is 0.441. The lowest BCUT2D eigenvalue weighted by molar-refractivity contribution is -0.154. The average molecular weight is 312 g/mol. The highest BCUT2D eigenvalue weighted by Gasteiger charge is 2.72. The molecule has 12 unspecified atom stereocenters. The molecule has 5 fully saturated rings. The van der Waals surface area contributed by atoms with E-state index in [-0.39, 0.29) is 11.9 Å². The molecule has 0 radical (unpaired) electrons. The highest BCUT2D eigenvalue weighted by atomic mass is 16.5. The Morgan fingerprint density at radius 2 is 1.52 bits per heavy atom. The van der Waals surface area contributed by atoms with Gasteiger partial charge in [-0.2, -0.15) is 0 Å². The van der Waals surface area contributed by atoms with Gasteiger partial charge in [0.15, 0.2) is 0 Å². The maximum absolute atomic E-state index is 12.6. The monoisotopic (exact) mass is 312 g/mol. The van der Waals surface area contributed by atoms with Crippen LogP contribution in [0.5, 0.6) is 0 Å². The lowest BCUT2D eigenvalue weighted by Gasteiger charge is -2.47. The molecule has 6 aliphatic carbocycles. The molecule has 0 aromatic carbocycles. The zero-order valence-electron chi connectivity index (χ0n) is 14.2. The predicted molar refractivity (Wildman–Crippen MR) is 87.2 cm³/mol. The lowest BCUT2D eigenvalue weighted by atomic mass is 9.57. The van der Waals surface area contributed by atoms with Crippen molar-refractivity contribution in [1.82, 2.24) is 0 Å². The number of esters is 1. The minimum absolute atomic E-state index is 0.123. The van der Waals surface area contributed by atoms with E-state index in [1.807, 2.05) is 6.92 Å². The fourth-order valence-corrected chi connectivity index (χ4v) is 9.20. The van der Waals surface area contributed by atoms with E-state index in [1.165, 1.54) is 19.3 Å². The van der Waals surface area contributed by atoms with E-state index in [1.54, 1.807) is 0 Å². The van der Waals surface area contributed by atoms with Crippen molar-refractivity contribution in [1.29, 1.82) is 0 Å². The van der Waals surface area contributed by atoms with Crippen molar-refractivity contribution in [3.8, 4) is 0 Å². The van der Waals surface area contributed by atoms with Gasteiger partial charge in [-0.1, -0.05) is 19.1 Å². The first kappa shape index (κ1) is 13.5. The summed E-state index contributed by atoms with van der Waals surface area (Å²) in [7, 11) is 0. The highest BCUT2D eigenvalue weighted by Crippen LogP contribution is 2.77. The van der Waals surface area contributed by atoms with Gasteiger partial charge in [0.1, 0.15) is 0 Å². The summed E-state index contributed by atoms with van der Waals surface area (Å²) in [4.78, 5) is 12.6. The van der Waals surface area contributed by atoms with Crippen LogP contribution in [0.4, 0.5) is 0 Å². The van der Waals surface area contributed by atoms with Crippen LogP contribution >= 0.6 is 0 Å². The third kappa shape index (κ3) is 1.38. The summed E-state index contributed by atoms with van der Waals surface area (Å²) in [6.07, 6.45) is 9.37. The Morgan fingerprint density at radius 1 is 0.913 bits per heavy atom. The molecule has 6 bridgehead atoms. The summed E-state index contributed by atoms with van der Waals surface area (Å²) in [5, 5.41) is 0. The number of fused-ring (bicyclic) bond motifs is 16. The van der Waals surface area contributed by atoms with E-state index in [0.29, 0.717) is 18.4 Å². The molecular weight excluding hydrogens is 284 g/mol. The molecule has 12 atom stereocenters. The maximum Gasteiger partial charge on any atom is 0.309 e. The Hall–Kier alpha value is -0.790. The number of rotatable bonds is 2. The lowest BCUT2D eigenvalue weighted by Crippen LogP contribution is -2.46. The second kappa shape index (κ2) is 4.24. The predicted octanol–water partition coefficient (Wildman–Crippen LogP) is 3.77. The molecule has 124 valence electrons. The van der Waals surface area contributed by atoms with Gasteiger partial charge in [0.2, 0.25) is 0 Å². The number of allylic oxidation sites excluding steroid dienone is 2. The molecule has 5 saturated carbocycles. The average Bonchev–Trinajstić information content (AvgIpc) is 3.31. The van der Waals surface area contributed by atoms with Crippen LogP contribution < -0.4 is 0 Å². The molecule has 0 N–H and O–H groups in total. The van der Waals surface area contributed by atoms with Gasteiger partial charge in [-0.15, -0.1) is 0 Å². The third-order valence-electron chi connectivity index (χ3n) is 9.34. The number of hydrogen-bond acceptors (Lipinski definition) is 2. The molecule has 0 spiro atoms. The first-order valence-corrected chi connectivity index (χ1v) is 10.1. The first-order valence-electron chi connectivity index (χ1n) is 10.1. The van der Waals surface area contributed by atoms with Crippen LogP contribution in [0, 0.1) is 71.0 Å². The van der Waals surface area contributed by atoms with Gasteiger partial charge in [-0.25, -0.2) is 0 Å². The Labute approximate surface area is 139 Å². The van der Waals surface area contributed by atoms with Gasteiger partial charge >= 0.3 is 5.97 Å². The number of carbonyl (C=O) groups excluding carboxylic acids is 1. The van der Waals surface area contributed by atoms with Gasteiger partial charge in [-0.05, 0) is 91.3 Å². The van der Waals surface area contributed by atoms with E-state index < -0.39 is 0 Å². The zero-order valence-corrected chi connectivity index (χ0v) is 14.2. The molecule has 23 heavy (non-hydrogen) atoms. The van der Waals surface area contributed by atoms with Crippen LogP contribution in [0.15, 0.2) is 12.2 Å². The number of ether oxygens (including phenoxy) is 1. The number of carbonyl (C=O) groups is 1. The van der Waals surface area contributed by atoms with Crippen molar-refractivity contribution >= 4 is 5.97 Å². The number of hydrogen-bond donors (Lipinski definition) is 0. The largest absolute Gasteiger partial charge is 0.466 e. The van der Waals surface area contributed by atoms with Crippen LogP contribution in [-0.4, -0.2) is 12.6 Å². The smallest absolute Gasteiger partial charge is 0.309 e. The van der Waals surface area contributed by atoms with Crippen molar-refractivity contribution in [3.63, 3.8) is 0 Å². The van der Waals surface area contributed by atoms with Crippen LogP contribution in [-0.2, 0) is 9.53 Å². The van der Waals surface area contributed by atoms with Gasteiger partial charge in [-0.3, -0.25) is 4.79 Å². The van der Waals surface area contributed by atoms with Crippen LogP contribution in [0.1, 0.15) is 33.1 Å².